The van der Waals surface area contributed by atoms with E-state index in [9.17, 15) is 14.4 Å². The Balaban J connectivity index is 3.99. The second kappa shape index (κ2) is 9.41. The molecule has 0 aromatic heterocycles. The first-order valence-electron chi connectivity index (χ1n) is 5.92. The SMILES string of the molecule is CCNCCC(=O)N[C@H](CCCC(=O)O)C(=O)O. The number of carbonyl (C=O) groups excluding carboxylic acids is 1. The highest BCUT2D eigenvalue weighted by atomic mass is 16.4. The number of hydrogen-bond donors (Lipinski definition) is 4. The normalized spacial score (nSPS) is 11.8. The first-order valence-corrected chi connectivity index (χ1v) is 5.92. The lowest BCUT2D eigenvalue weighted by Gasteiger charge is -2.14. The van der Waals surface area contributed by atoms with Gasteiger partial charge in [-0.1, -0.05) is 6.92 Å². The van der Waals surface area contributed by atoms with E-state index >= 15 is 0 Å². The van der Waals surface area contributed by atoms with Gasteiger partial charge in [-0.3, -0.25) is 9.59 Å². The summed E-state index contributed by atoms with van der Waals surface area (Å²) in [6.07, 6.45) is 0.446. The molecule has 0 rings (SSSR count). The van der Waals surface area contributed by atoms with Crippen LogP contribution < -0.4 is 10.6 Å². The molecule has 104 valence electrons. The van der Waals surface area contributed by atoms with Gasteiger partial charge in [0, 0.05) is 19.4 Å². The molecule has 0 radical (unpaired) electrons. The predicted octanol–water partition coefficient (Wildman–Crippen LogP) is -0.190. The Morgan fingerprint density at radius 1 is 1.17 bits per heavy atom. The Labute approximate surface area is 106 Å². The zero-order valence-corrected chi connectivity index (χ0v) is 10.4. The molecule has 7 heteroatoms. The summed E-state index contributed by atoms with van der Waals surface area (Å²) in [6.45, 7) is 3.14. The summed E-state index contributed by atoms with van der Waals surface area (Å²) < 4.78 is 0. The van der Waals surface area contributed by atoms with Gasteiger partial charge in [-0.25, -0.2) is 4.79 Å². The van der Waals surface area contributed by atoms with Crippen molar-refractivity contribution in [1.82, 2.24) is 10.6 Å². The van der Waals surface area contributed by atoms with Gasteiger partial charge < -0.3 is 20.8 Å². The highest BCUT2D eigenvalue weighted by Crippen LogP contribution is 2.02. The molecule has 0 aromatic rings. The summed E-state index contributed by atoms with van der Waals surface area (Å²) in [7, 11) is 0. The Hall–Kier alpha value is -1.63. The van der Waals surface area contributed by atoms with Crippen LogP contribution in [-0.2, 0) is 14.4 Å². The van der Waals surface area contributed by atoms with Gasteiger partial charge in [0.25, 0.3) is 0 Å². The van der Waals surface area contributed by atoms with Crippen molar-refractivity contribution in [3.05, 3.63) is 0 Å². The molecule has 18 heavy (non-hydrogen) atoms. The van der Waals surface area contributed by atoms with Gasteiger partial charge in [0.05, 0.1) is 0 Å². The first-order chi connectivity index (χ1) is 8.47. The molecular formula is C11H20N2O5. The molecule has 0 bridgehead atoms. The highest BCUT2D eigenvalue weighted by Gasteiger charge is 2.19. The van der Waals surface area contributed by atoms with E-state index in [0.29, 0.717) is 6.54 Å². The number of amides is 1. The summed E-state index contributed by atoms with van der Waals surface area (Å²) in [5.41, 5.74) is 0. The molecule has 0 aliphatic carbocycles. The molecule has 0 heterocycles. The zero-order valence-electron chi connectivity index (χ0n) is 10.4. The van der Waals surface area contributed by atoms with Gasteiger partial charge in [-0.2, -0.15) is 0 Å². The van der Waals surface area contributed by atoms with E-state index in [-0.39, 0.29) is 31.6 Å². The number of nitrogens with one attached hydrogen (secondary N) is 2. The monoisotopic (exact) mass is 260 g/mol. The van der Waals surface area contributed by atoms with Gasteiger partial charge in [-0.15, -0.1) is 0 Å². The average molecular weight is 260 g/mol. The maximum Gasteiger partial charge on any atom is 0.326 e. The third-order valence-electron chi connectivity index (χ3n) is 2.30. The van der Waals surface area contributed by atoms with Gasteiger partial charge in [-0.05, 0) is 19.4 Å². The molecule has 0 aliphatic rings. The number of carboxylic acid groups (broad SMARTS) is 2. The van der Waals surface area contributed by atoms with Crippen molar-refractivity contribution in [3.8, 4) is 0 Å². The lowest BCUT2D eigenvalue weighted by molar-refractivity contribution is -0.142. The Morgan fingerprint density at radius 2 is 1.83 bits per heavy atom. The fourth-order valence-electron chi connectivity index (χ4n) is 1.36. The fourth-order valence-corrected chi connectivity index (χ4v) is 1.36. The van der Waals surface area contributed by atoms with Crippen LogP contribution in [0, 0.1) is 0 Å². The molecule has 0 fully saturated rings. The summed E-state index contributed by atoms with van der Waals surface area (Å²) >= 11 is 0. The summed E-state index contributed by atoms with van der Waals surface area (Å²) in [5.74, 6) is -2.46. The molecule has 1 atom stereocenters. The molecule has 0 spiro atoms. The minimum atomic E-state index is -1.14. The molecule has 4 N–H and O–H groups in total. The van der Waals surface area contributed by atoms with Gasteiger partial charge in [0.15, 0.2) is 0 Å². The maximum atomic E-state index is 11.4. The smallest absolute Gasteiger partial charge is 0.326 e. The van der Waals surface area contributed by atoms with Crippen LogP contribution in [0.4, 0.5) is 0 Å². The van der Waals surface area contributed by atoms with Crippen LogP contribution in [-0.4, -0.2) is 47.2 Å². The number of aliphatic carboxylic acids is 2. The Kier molecular flexibility index (Phi) is 8.55. The lowest BCUT2D eigenvalue weighted by atomic mass is 10.1. The highest BCUT2D eigenvalue weighted by molar-refractivity contribution is 5.83. The van der Waals surface area contributed by atoms with Crippen molar-refractivity contribution in [2.75, 3.05) is 13.1 Å². The predicted molar refractivity (Wildman–Crippen MR) is 64.2 cm³/mol. The van der Waals surface area contributed by atoms with Crippen molar-refractivity contribution in [2.45, 2.75) is 38.6 Å². The minimum Gasteiger partial charge on any atom is -0.481 e. The quantitative estimate of drug-likeness (QED) is 0.405. The summed E-state index contributed by atoms with van der Waals surface area (Å²) in [6, 6.07) is -1.02. The maximum absolute atomic E-state index is 11.4. The molecule has 7 nitrogen and oxygen atoms in total. The molecular weight excluding hydrogens is 240 g/mol. The van der Waals surface area contributed by atoms with Crippen LogP contribution in [0.3, 0.4) is 0 Å². The Bertz CT molecular complexity index is 293. The van der Waals surface area contributed by atoms with Gasteiger partial charge in [0.2, 0.25) is 5.91 Å². The Morgan fingerprint density at radius 3 is 2.33 bits per heavy atom. The standard InChI is InChI=1S/C11H20N2O5/c1-2-12-7-6-9(14)13-8(11(17)18)4-3-5-10(15)16/h8,12H,2-7H2,1H3,(H,13,14)(H,15,16)(H,17,18)/t8-/m1/s1. The summed E-state index contributed by atoms with van der Waals surface area (Å²) in [4.78, 5) is 32.6. The minimum absolute atomic E-state index is 0.100. The average Bonchev–Trinajstić information content (AvgIpc) is 2.27. The lowest BCUT2D eigenvalue weighted by Crippen LogP contribution is -2.41. The third kappa shape index (κ3) is 8.51. The molecule has 0 saturated carbocycles. The van der Waals surface area contributed by atoms with E-state index in [1.807, 2.05) is 6.92 Å². The van der Waals surface area contributed by atoms with Crippen molar-refractivity contribution < 1.29 is 24.6 Å². The van der Waals surface area contributed by atoms with Crippen LogP contribution in [0.15, 0.2) is 0 Å². The van der Waals surface area contributed by atoms with E-state index in [1.54, 1.807) is 0 Å². The van der Waals surface area contributed by atoms with E-state index in [2.05, 4.69) is 10.6 Å². The number of carbonyl (C=O) groups is 3. The molecule has 0 aromatic carbocycles. The first kappa shape index (κ1) is 16.4. The van der Waals surface area contributed by atoms with Crippen molar-refractivity contribution in [3.63, 3.8) is 0 Å². The van der Waals surface area contributed by atoms with E-state index in [4.69, 9.17) is 10.2 Å². The van der Waals surface area contributed by atoms with Crippen LogP contribution in [0.2, 0.25) is 0 Å². The third-order valence-corrected chi connectivity index (χ3v) is 2.30. The van der Waals surface area contributed by atoms with Crippen molar-refractivity contribution >= 4 is 17.8 Å². The van der Waals surface area contributed by atoms with Crippen LogP contribution >= 0.6 is 0 Å². The van der Waals surface area contributed by atoms with Crippen LogP contribution in [0.25, 0.3) is 0 Å². The van der Waals surface area contributed by atoms with E-state index in [1.165, 1.54) is 0 Å². The zero-order chi connectivity index (χ0) is 14.0. The topological polar surface area (TPSA) is 116 Å². The number of carboxylic acids is 2. The number of hydrogen-bond acceptors (Lipinski definition) is 4. The summed E-state index contributed by atoms with van der Waals surface area (Å²) in [5, 5.41) is 22.7. The van der Waals surface area contributed by atoms with Crippen LogP contribution in [0.1, 0.15) is 32.6 Å². The fraction of sp³-hybridized carbons (Fsp3) is 0.727. The second-order valence-corrected chi connectivity index (χ2v) is 3.85. The largest absolute Gasteiger partial charge is 0.481 e. The molecule has 0 saturated heterocycles. The van der Waals surface area contributed by atoms with Crippen molar-refractivity contribution in [2.24, 2.45) is 0 Å². The molecule has 0 aliphatic heterocycles. The van der Waals surface area contributed by atoms with E-state index < -0.39 is 18.0 Å². The molecule has 1 amide bonds. The van der Waals surface area contributed by atoms with E-state index in [0.717, 1.165) is 6.54 Å². The molecule has 0 unspecified atom stereocenters. The van der Waals surface area contributed by atoms with Gasteiger partial charge in [0.1, 0.15) is 6.04 Å². The van der Waals surface area contributed by atoms with Gasteiger partial charge >= 0.3 is 11.9 Å². The van der Waals surface area contributed by atoms with Crippen LogP contribution in [0.5, 0.6) is 0 Å². The number of rotatable bonds is 10. The second-order valence-electron chi connectivity index (χ2n) is 3.85. The van der Waals surface area contributed by atoms with Crippen molar-refractivity contribution in [1.29, 1.82) is 0 Å².